The van der Waals surface area contributed by atoms with E-state index in [0.717, 1.165) is 36.5 Å². The molecule has 3 rings (SSSR count). The first-order valence-corrected chi connectivity index (χ1v) is 11.0. The minimum absolute atomic E-state index is 0.118. The summed E-state index contributed by atoms with van der Waals surface area (Å²) in [6, 6.07) is 0. The number of guanidine groups is 1. The maximum absolute atomic E-state index is 4.78. The number of aromatic nitrogens is 1. The van der Waals surface area contributed by atoms with Crippen LogP contribution >= 0.6 is 11.3 Å². The number of rotatable bonds is 4. The number of likely N-dealkylation sites (tertiary alicyclic amines) is 2. The first-order chi connectivity index (χ1) is 12.5. The van der Waals surface area contributed by atoms with E-state index >= 15 is 0 Å². The Morgan fingerprint density at radius 2 is 2.04 bits per heavy atom. The van der Waals surface area contributed by atoms with Gasteiger partial charge in [-0.05, 0) is 38.3 Å². The minimum atomic E-state index is 0.118. The molecule has 3 heterocycles. The fourth-order valence-corrected chi connectivity index (χ4v) is 4.87. The van der Waals surface area contributed by atoms with Gasteiger partial charge in [0, 0.05) is 37.5 Å². The van der Waals surface area contributed by atoms with E-state index in [1.807, 2.05) is 7.05 Å². The van der Waals surface area contributed by atoms with Crippen molar-refractivity contribution in [3.05, 3.63) is 16.1 Å². The highest BCUT2D eigenvalue weighted by molar-refractivity contribution is 7.09. The Bertz CT molecular complexity index is 598. The molecule has 1 N–H and O–H groups in total. The molecule has 2 fully saturated rings. The van der Waals surface area contributed by atoms with E-state index < -0.39 is 0 Å². The molecule has 1 aromatic heterocycles. The second kappa shape index (κ2) is 8.70. The fraction of sp³-hybridized carbons (Fsp3) is 0.800. The van der Waals surface area contributed by atoms with E-state index in [1.165, 1.54) is 51.0 Å². The van der Waals surface area contributed by atoms with Gasteiger partial charge in [-0.1, -0.05) is 27.2 Å². The van der Waals surface area contributed by atoms with Crippen LogP contribution in [0.1, 0.15) is 57.2 Å². The number of hydrogen-bond donors (Lipinski definition) is 1. The van der Waals surface area contributed by atoms with Crippen molar-refractivity contribution in [2.24, 2.45) is 10.9 Å². The molecule has 1 atom stereocenters. The molecule has 26 heavy (non-hydrogen) atoms. The molecule has 5 nitrogen and oxygen atoms in total. The van der Waals surface area contributed by atoms with Gasteiger partial charge >= 0.3 is 0 Å². The number of nitrogens with one attached hydrogen (secondary N) is 1. The van der Waals surface area contributed by atoms with Crippen molar-refractivity contribution in [3.8, 4) is 0 Å². The molecule has 0 amide bonds. The van der Waals surface area contributed by atoms with Gasteiger partial charge in [0.25, 0.3) is 0 Å². The average Bonchev–Trinajstić information content (AvgIpc) is 3.26. The van der Waals surface area contributed by atoms with Gasteiger partial charge in [-0.3, -0.25) is 4.99 Å². The zero-order valence-electron chi connectivity index (χ0n) is 16.9. The summed E-state index contributed by atoms with van der Waals surface area (Å²) in [6.07, 6.45) is 5.45. The maximum atomic E-state index is 4.78. The number of piperidine rings is 1. The Morgan fingerprint density at radius 3 is 2.69 bits per heavy atom. The van der Waals surface area contributed by atoms with Gasteiger partial charge < -0.3 is 15.1 Å². The van der Waals surface area contributed by atoms with Crippen LogP contribution in [0.25, 0.3) is 0 Å². The Morgan fingerprint density at radius 1 is 1.27 bits per heavy atom. The zero-order chi connectivity index (χ0) is 18.6. The molecule has 0 aliphatic carbocycles. The summed E-state index contributed by atoms with van der Waals surface area (Å²) in [6.45, 7) is 13.5. The third-order valence-corrected chi connectivity index (χ3v) is 6.33. The van der Waals surface area contributed by atoms with Crippen LogP contribution in [-0.2, 0) is 12.0 Å². The molecule has 2 saturated heterocycles. The topological polar surface area (TPSA) is 43.8 Å². The van der Waals surface area contributed by atoms with E-state index in [9.17, 15) is 0 Å². The van der Waals surface area contributed by atoms with E-state index in [-0.39, 0.29) is 5.41 Å². The summed E-state index contributed by atoms with van der Waals surface area (Å²) in [5, 5.41) is 6.85. The molecule has 6 heteroatoms. The van der Waals surface area contributed by atoms with Gasteiger partial charge in [0.05, 0.1) is 12.2 Å². The lowest BCUT2D eigenvalue weighted by Gasteiger charge is -2.29. The summed E-state index contributed by atoms with van der Waals surface area (Å²) < 4.78 is 0. The second-order valence-corrected chi connectivity index (χ2v) is 9.68. The van der Waals surface area contributed by atoms with Crippen molar-refractivity contribution < 1.29 is 0 Å². The summed E-state index contributed by atoms with van der Waals surface area (Å²) >= 11 is 1.74. The molecule has 0 saturated carbocycles. The zero-order valence-corrected chi connectivity index (χ0v) is 17.7. The quantitative estimate of drug-likeness (QED) is 0.646. The van der Waals surface area contributed by atoms with Crippen molar-refractivity contribution in [3.63, 3.8) is 0 Å². The molecular weight excluding hydrogens is 342 g/mol. The summed E-state index contributed by atoms with van der Waals surface area (Å²) in [5.41, 5.74) is 1.30. The Hall–Kier alpha value is -1.14. The van der Waals surface area contributed by atoms with Gasteiger partial charge in [0.15, 0.2) is 5.96 Å². The van der Waals surface area contributed by atoms with Gasteiger partial charge in [0.1, 0.15) is 5.01 Å². The summed E-state index contributed by atoms with van der Waals surface area (Å²) in [4.78, 5) is 14.4. The monoisotopic (exact) mass is 377 g/mol. The normalized spacial score (nSPS) is 22.8. The fourth-order valence-electron chi connectivity index (χ4n) is 3.90. The average molecular weight is 378 g/mol. The van der Waals surface area contributed by atoms with Crippen LogP contribution in [0.2, 0.25) is 0 Å². The Labute approximate surface area is 162 Å². The molecule has 1 aromatic rings. The van der Waals surface area contributed by atoms with Gasteiger partial charge in [-0.25, -0.2) is 4.98 Å². The SMILES string of the molecule is CN=C(NCc1nc(C(C)(C)C)cs1)N1CCC(CN2CCCCC2)C1. The highest BCUT2D eigenvalue weighted by atomic mass is 32.1. The van der Waals surface area contributed by atoms with E-state index in [1.54, 1.807) is 11.3 Å². The molecule has 146 valence electrons. The first kappa shape index (κ1) is 19.6. The molecule has 0 bridgehead atoms. The number of thiazole rings is 1. The van der Waals surface area contributed by atoms with E-state index in [0.29, 0.717) is 0 Å². The highest BCUT2D eigenvalue weighted by Crippen LogP contribution is 2.24. The maximum Gasteiger partial charge on any atom is 0.194 e. The highest BCUT2D eigenvalue weighted by Gasteiger charge is 2.27. The predicted octanol–water partition coefficient (Wildman–Crippen LogP) is 3.32. The number of nitrogens with zero attached hydrogens (tertiary/aromatic N) is 4. The second-order valence-electron chi connectivity index (χ2n) is 8.74. The largest absolute Gasteiger partial charge is 0.350 e. The molecule has 0 aromatic carbocycles. The van der Waals surface area contributed by atoms with Crippen LogP contribution in [0.4, 0.5) is 0 Å². The van der Waals surface area contributed by atoms with Crippen LogP contribution in [0.5, 0.6) is 0 Å². The van der Waals surface area contributed by atoms with Crippen molar-refractivity contribution in [2.45, 2.75) is 58.4 Å². The third kappa shape index (κ3) is 5.19. The lowest BCUT2D eigenvalue weighted by atomic mass is 9.93. The van der Waals surface area contributed by atoms with Gasteiger partial charge in [-0.2, -0.15) is 0 Å². The third-order valence-electron chi connectivity index (χ3n) is 5.48. The first-order valence-electron chi connectivity index (χ1n) is 10.1. The van der Waals surface area contributed by atoms with Crippen molar-refractivity contribution in [1.82, 2.24) is 20.1 Å². The van der Waals surface area contributed by atoms with Crippen molar-refractivity contribution in [2.75, 3.05) is 39.8 Å². The molecule has 1 unspecified atom stereocenters. The lowest BCUT2D eigenvalue weighted by Crippen LogP contribution is -2.41. The summed E-state index contributed by atoms with van der Waals surface area (Å²) in [5.74, 6) is 1.80. The van der Waals surface area contributed by atoms with Crippen molar-refractivity contribution in [1.29, 1.82) is 0 Å². The number of aliphatic imine (C=N–C) groups is 1. The van der Waals surface area contributed by atoms with Crippen molar-refractivity contribution >= 4 is 17.3 Å². The van der Waals surface area contributed by atoms with Gasteiger partial charge in [0.2, 0.25) is 0 Å². The molecule has 2 aliphatic rings. The Kier molecular flexibility index (Phi) is 6.56. The smallest absolute Gasteiger partial charge is 0.194 e. The van der Waals surface area contributed by atoms with Crippen LogP contribution in [0.15, 0.2) is 10.4 Å². The standard InChI is InChI=1S/C20H35N5S/c1-20(2,3)17-15-26-18(23-17)12-22-19(21-4)25-11-8-16(14-25)13-24-9-6-5-7-10-24/h15-16H,5-14H2,1-4H3,(H,21,22). The molecule has 0 spiro atoms. The Balaban J connectivity index is 1.47. The van der Waals surface area contributed by atoms with Gasteiger partial charge in [-0.15, -0.1) is 11.3 Å². The van der Waals surface area contributed by atoms with E-state index in [4.69, 9.17) is 4.98 Å². The molecule has 2 aliphatic heterocycles. The lowest BCUT2D eigenvalue weighted by molar-refractivity contribution is 0.198. The molecular formula is C20H35N5S. The number of hydrogen-bond acceptors (Lipinski definition) is 4. The van der Waals surface area contributed by atoms with Crippen LogP contribution in [0, 0.1) is 5.92 Å². The van der Waals surface area contributed by atoms with Crippen LogP contribution in [-0.4, -0.2) is 60.5 Å². The van der Waals surface area contributed by atoms with Crippen LogP contribution < -0.4 is 5.32 Å². The summed E-state index contributed by atoms with van der Waals surface area (Å²) in [7, 11) is 1.89. The van der Waals surface area contributed by atoms with Crippen LogP contribution in [0.3, 0.4) is 0 Å². The van der Waals surface area contributed by atoms with E-state index in [2.05, 4.69) is 46.3 Å². The predicted molar refractivity (Wildman–Crippen MR) is 111 cm³/mol. The molecule has 0 radical (unpaired) electrons. The minimum Gasteiger partial charge on any atom is -0.350 e.